The maximum atomic E-state index is 5.63. The maximum absolute atomic E-state index is 5.63. The molecular formula is C9H13N3. The van der Waals surface area contributed by atoms with Gasteiger partial charge in [-0.3, -0.25) is 16.0 Å². The minimum atomic E-state index is -0.228. The van der Waals surface area contributed by atoms with Gasteiger partial charge < -0.3 is 0 Å². The minimum Gasteiger partial charge on any atom is -0.297 e. The Labute approximate surface area is 72.1 Å². The first kappa shape index (κ1) is 7.71. The van der Waals surface area contributed by atoms with Gasteiger partial charge in [-0.2, -0.15) is 0 Å². The van der Waals surface area contributed by atoms with Gasteiger partial charge in [0.2, 0.25) is 0 Å². The Kier molecular flexibility index (Phi) is 2.06. The molecule has 0 aromatic carbocycles. The first-order chi connectivity index (χ1) is 5.86. The zero-order valence-electron chi connectivity index (χ0n) is 6.85. The number of nitrogens with zero attached hydrogens (tertiary/aromatic N) is 1. The molecule has 3 nitrogen and oxygen atoms in total. The summed E-state index contributed by atoms with van der Waals surface area (Å²) in [6.45, 7) is 0. The fraction of sp³-hybridized carbons (Fsp3) is 0.444. The fourth-order valence-electron chi connectivity index (χ4n) is 1.56. The molecular weight excluding hydrogens is 150 g/mol. The van der Waals surface area contributed by atoms with Gasteiger partial charge in [-0.25, -0.2) is 0 Å². The average Bonchev–Trinajstić information content (AvgIpc) is 2.28. The van der Waals surface area contributed by atoms with Crippen LogP contribution in [-0.2, 0) is 0 Å². The lowest BCUT2D eigenvalue weighted by molar-refractivity contribution is 0.414. The van der Waals surface area contributed by atoms with E-state index >= 15 is 0 Å². The highest BCUT2D eigenvalue weighted by Crippen LogP contribution is 2.15. The molecule has 0 aromatic heterocycles. The van der Waals surface area contributed by atoms with Crippen molar-refractivity contribution >= 4 is 6.21 Å². The van der Waals surface area contributed by atoms with Crippen LogP contribution in [0.15, 0.2) is 29.3 Å². The number of allylic oxidation sites excluding steroid dienone is 3. The highest BCUT2D eigenvalue weighted by molar-refractivity contribution is 5.64. The van der Waals surface area contributed by atoms with E-state index in [1.54, 1.807) is 0 Å². The highest BCUT2D eigenvalue weighted by Gasteiger charge is 2.22. The second-order valence-corrected chi connectivity index (χ2v) is 3.15. The van der Waals surface area contributed by atoms with Crippen molar-refractivity contribution in [2.75, 3.05) is 0 Å². The van der Waals surface area contributed by atoms with E-state index < -0.39 is 0 Å². The van der Waals surface area contributed by atoms with Gasteiger partial charge in [0, 0.05) is 18.2 Å². The lowest BCUT2D eigenvalue weighted by Gasteiger charge is -2.27. The molecule has 1 aliphatic heterocycles. The molecule has 3 atom stereocenters. The number of nitrogens with two attached hydrogens (primary N) is 1. The van der Waals surface area contributed by atoms with E-state index in [1.165, 1.54) is 0 Å². The van der Waals surface area contributed by atoms with Crippen molar-refractivity contribution in [3.05, 3.63) is 24.3 Å². The van der Waals surface area contributed by atoms with Gasteiger partial charge in [-0.1, -0.05) is 24.3 Å². The van der Waals surface area contributed by atoms with Crippen molar-refractivity contribution in [3.8, 4) is 0 Å². The summed E-state index contributed by atoms with van der Waals surface area (Å²) in [5.74, 6) is 0.472. The van der Waals surface area contributed by atoms with Gasteiger partial charge in [0.15, 0.2) is 6.29 Å². The summed E-state index contributed by atoms with van der Waals surface area (Å²) in [5.41, 5.74) is 5.63. The summed E-state index contributed by atoms with van der Waals surface area (Å²) >= 11 is 0. The molecule has 12 heavy (non-hydrogen) atoms. The largest absolute Gasteiger partial charge is 0.297 e. The number of aliphatic imine (C=N–C) groups is 1. The normalized spacial score (nSPS) is 39.2. The molecule has 0 radical (unpaired) electrons. The van der Waals surface area contributed by atoms with Gasteiger partial charge in [-0.05, 0) is 6.42 Å². The second-order valence-electron chi connectivity index (χ2n) is 3.15. The lowest BCUT2D eigenvalue weighted by Crippen LogP contribution is -2.49. The summed E-state index contributed by atoms with van der Waals surface area (Å²) in [6.07, 6.45) is 11.2. The van der Waals surface area contributed by atoms with Gasteiger partial charge in [0.05, 0.1) is 0 Å². The molecule has 0 saturated heterocycles. The first-order valence-corrected chi connectivity index (χ1v) is 4.24. The number of fused-ring (bicyclic) bond motifs is 1. The van der Waals surface area contributed by atoms with Gasteiger partial charge in [0.25, 0.3) is 0 Å². The second kappa shape index (κ2) is 3.21. The number of nitrogens with one attached hydrogen (secondary N) is 1. The van der Waals surface area contributed by atoms with Crippen molar-refractivity contribution in [2.24, 2.45) is 16.6 Å². The van der Waals surface area contributed by atoms with Crippen LogP contribution in [-0.4, -0.2) is 18.5 Å². The molecule has 0 fully saturated rings. The van der Waals surface area contributed by atoms with Crippen molar-refractivity contribution in [1.82, 2.24) is 5.32 Å². The van der Waals surface area contributed by atoms with E-state index in [2.05, 4.69) is 34.6 Å². The van der Waals surface area contributed by atoms with E-state index in [4.69, 9.17) is 5.73 Å². The van der Waals surface area contributed by atoms with E-state index in [-0.39, 0.29) is 6.29 Å². The Hall–Kier alpha value is -0.930. The van der Waals surface area contributed by atoms with Gasteiger partial charge in [0.1, 0.15) is 0 Å². The van der Waals surface area contributed by atoms with Crippen LogP contribution < -0.4 is 11.1 Å². The summed E-state index contributed by atoms with van der Waals surface area (Å²) in [7, 11) is 0. The van der Waals surface area contributed by atoms with E-state index in [1.807, 2.05) is 6.21 Å². The van der Waals surface area contributed by atoms with Crippen LogP contribution in [0.4, 0.5) is 0 Å². The van der Waals surface area contributed by atoms with E-state index in [9.17, 15) is 0 Å². The standard InChI is InChI=1S/C9H13N3/c10-9-11-6-7-4-2-1-3-5-8(7)12-9/h1-3,5-9,12H,4,10H2. The molecule has 64 valence electrons. The predicted molar refractivity (Wildman–Crippen MR) is 49.8 cm³/mol. The summed E-state index contributed by atoms with van der Waals surface area (Å²) in [4.78, 5) is 4.13. The molecule has 1 heterocycles. The molecule has 1 aliphatic carbocycles. The maximum Gasteiger partial charge on any atom is 0.151 e. The smallest absolute Gasteiger partial charge is 0.151 e. The number of hydrogen-bond donors (Lipinski definition) is 2. The lowest BCUT2D eigenvalue weighted by atomic mass is 9.97. The third-order valence-corrected chi connectivity index (χ3v) is 2.24. The van der Waals surface area contributed by atoms with Crippen LogP contribution in [0.3, 0.4) is 0 Å². The van der Waals surface area contributed by atoms with Crippen LogP contribution in [0.5, 0.6) is 0 Å². The quantitative estimate of drug-likeness (QED) is 0.543. The van der Waals surface area contributed by atoms with Crippen LogP contribution in [0, 0.1) is 5.92 Å². The molecule has 0 spiro atoms. The van der Waals surface area contributed by atoms with Crippen molar-refractivity contribution in [1.29, 1.82) is 0 Å². The molecule has 3 unspecified atom stereocenters. The molecule has 0 bridgehead atoms. The third kappa shape index (κ3) is 1.47. The molecule has 3 heteroatoms. The van der Waals surface area contributed by atoms with Crippen LogP contribution in [0.1, 0.15) is 6.42 Å². The SMILES string of the molecule is NC1N=CC2CC=CC=CC2N1. The monoisotopic (exact) mass is 163 g/mol. The van der Waals surface area contributed by atoms with Gasteiger partial charge in [-0.15, -0.1) is 0 Å². The van der Waals surface area contributed by atoms with E-state index in [0.717, 1.165) is 6.42 Å². The molecule has 0 saturated carbocycles. The zero-order valence-corrected chi connectivity index (χ0v) is 6.85. The summed E-state index contributed by atoms with van der Waals surface area (Å²) in [5, 5.41) is 3.21. The van der Waals surface area contributed by atoms with Crippen LogP contribution in [0.2, 0.25) is 0 Å². The van der Waals surface area contributed by atoms with Gasteiger partial charge >= 0.3 is 0 Å². The zero-order chi connectivity index (χ0) is 8.39. The number of rotatable bonds is 0. The topological polar surface area (TPSA) is 50.4 Å². The Balaban J connectivity index is 2.17. The molecule has 2 aliphatic rings. The van der Waals surface area contributed by atoms with Crippen molar-refractivity contribution in [3.63, 3.8) is 0 Å². The highest BCUT2D eigenvalue weighted by atomic mass is 15.2. The third-order valence-electron chi connectivity index (χ3n) is 2.24. The molecule has 2 rings (SSSR count). The van der Waals surface area contributed by atoms with E-state index in [0.29, 0.717) is 12.0 Å². The summed E-state index contributed by atoms with van der Waals surface area (Å²) in [6, 6.07) is 0.354. The Morgan fingerprint density at radius 1 is 1.42 bits per heavy atom. The summed E-state index contributed by atoms with van der Waals surface area (Å²) < 4.78 is 0. The van der Waals surface area contributed by atoms with Crippen molar-refractivity contribution in [2.45, 2.75) is 18.8 Å². The first-order valence-electron chi connectivity index (χ1n) is 4.24. The minimum absolute atomic E-state index is 0.228. The average molecular weight is 163 g/mol. The fourth-order valence-corrected chi connectivity index (χ4v) is 1.56. The Bertz CT molecular complexity index is 242. The number of hydrogen-bond acceptors (Lipinski definition) is 3. The predicted octanol–water partition coefficient (Wildman–Crippen LogP) is 0.404. The van der Waals surface area contributed by atoms with Crippen LogP contribution in [0.25, 0.3) is 0 Å². The van der Waals surface area contributed by atoms with Crippen molar-refractivity contribution < 1.29 is 0 Å². The molecule has 0 amide bonds. The Morgan fingerprint density at radius 2 is 2.33 bits per heavy atom. The Morgan fingerprint density at radius 3 is 3.25 bits per heavy atom. The molecule has 0 aromatic rings. The molecule has 3 N–H and O–H groups in total. The van der Waals surface area contributed by atoms with Crippen LogP contribution >= 0.6 is 0 Å².